The first-order chi connectivity index (χ1) is 10.2. The predicted octanol–water partition coefficient (Wildman–Crippen LogP) is 1.43. The monoisotopic (exact) mass is 288 g/mol. The largest absolute Gasteiger partial charge is 0.396 e. The summed E-state index contributed by atoms with van der Waals surface area (Å²) in [6, 6.07) is 6.30. The molecule has 0 spiro atoms. The Hall–Kier alpha value is -1.75. The summed E-state index contributed by atoms with van der Waals surface area (Å²) in [4.78, 5) is 16.3. The van der Waals surface area contributed by atoms with E-state index in [0.717, 1.165) is 37.9 Å². The molecule has 1 aliphatic carbocycles. The molecule has 5 heteroatoms. The Bertz CT molecular complexity index is 517. The van der Waals surface area contributed by atoms with Gasteiger partial charge in [-0.05, 0) is 25.0 Å². The average Bonchev–Trinajstić information content (AvgIpc) is 3.02. The van der Waals surface area contributed by atoms with E-state index in [1.807, 2.05) is 12.1 Å². The van der Waals surface area contributed by atoms with E-state index in [1.54, 1.807) is 6.07 Å². The van der Waals surface area contributed by atoms with Gasteiger partial charge in [0.1, 0.15) is 0 Å². The van der Waals surface area contributed by atoms with Crippen molar-refractivity contribution in [1.82, 2.24) is 4.90 Å². The summed E-state index contributed by atoms with van der Waals surface area (Å²) in [5, 5.41) is 0. The Kier molecular flexibility index (Phi) is 4.01. The number of hydrogen-bond donors (Lipinski definition) is 2. The minimum absolute atomic E-state index is 0.422. The molecule has 2 aliphatic rings. The molecule has 3 rings (SSSR count). The van der Waals surface area contributed by atoms with E-state index < -0.39 is 5.91 Å². The first-order valence-corrected chi connectivity index (χ1v) is 7.84. The summed E-state index contributed by atoms with van der Waals surface area (Å²) in [6.45, 7) is 4.07. The van der Waals surface area contributed by atoms with E-state index in [1.165, 1.54) is 25.7 Å². The molecule has 1 aromatic rings. The third-order valence-corrected chi connectivity index (χ3v) is 4.84. The van der Waals surface area contributed by atoms with Gasteiger partial charge in [-0.25, -0.2) is 0 Å². The number of benzene rings is 1. The summed E-state index contributed by atoms with van der Waals surface area (Å²) in [6.07, 6.45) is 5.44. The summed E-state index contributed by atoms with van der Waals surface area (Å²) >= 11 is 0. The highest BCUT2D eigenvalue weighted by Crippen LogP contribution is 2.29. The topological polar surface area (TPSA) is 75.6 Å². The number of nitrogens with zero attached hydrogens (tertiary/aromatic N) is 2. The molecule has 0 unspecified atom stereocenters. The first kappa shape index (κ1) is 14.2. The van der Waals surface area contributed by atoms with E-state index in [4.69, 9.17) is 11.5 Å². The fourth-order valence-corrected chi connectivity index (χ4v) is 3.64. The maximum atomic E-state index is 11.4. The number of nitrogen functional groups attached to an aromatic ring is 1. The lowest BCUT2D eigenvalue weighted by Crippen LogP contribution is -2.50. The second kappa shape index (κ2) is 5.93. The molecule has 1 saturated heterocycles. The molecule has 1 aliphatic heterocycles. The maximum Gasteiger partial charge on any atom is 0.250 e. The van der Waals surface area contributed by atoms with Crippen LogP contribution in [-0.4, -0.2) is 43.0 Å². The Balaban J connectivity index is 1.69. The molecule has 2 fully saturated rings. The van der Waals surface area contributed by atoms with Gasteiger partial charge in [0.25, 0.3) is 5.91 Å². The smallest absolute Gasteiger partial charge is 0.250 e. The number of hydrogen-bond acceptors (Lipinski definition) is 4. The number of primary amides is 1. The third kappa shape index (κ3) is 2.83. The zero-order chi connectivity index (χ0) is 14.8. The Morgan fingerprint density at radius 1 is 1.10 bits per heavy atom. The second-order valence-electron chi connectivity index (χ2n) is 6.06. The lowest BCUT2D eigenvalue weighted by atomic mass is 10.1. The Morgan fingerprint density at radius 2 is 1.76 bits per heavy atom. The van der Waals surface area contributed by atoms with Crippen LogP contribution in [0.4, 0.5) is 11.4 Å². The minimum Gasteiger partial charge on any atom is -0.396 e. The average molecular weight is 288 g/mol. The van der Waals surface area contributed by atoms with Gasteiger partial charge in [0.15, 0.2) is 0 Å². The van der Waals surface area contributed by atoms with E-state index >= 15 is 0 Å². The van der Waals surface area contributed by atoms with Gasteiger partial charge in [0, 0.05) is 32.2 Å². The number of rotatable bonds is 3. The number of anilines is 2. The van der Waals surface area contributed by atoms with Crippen molar-refractivity contribution in [3.8, 4) is 0 Å². The van der Waals surface area contributed by atoms with Crippen LogP contribution in [0.25, 0.3) is 0 Å². The van der Waals surface area contributed by atoms with Crippen molar-refractivity contribution in [2.75, 3.05) is 36.8 Å². The zero-order valence-corrected chi connectivity index (χ0v) is 12.4. The molecule has 1 heterocycles. The normalized spacial score (nSPS) is 20.9. The molecule has 1 saturated carbocycles. The molecule has 1 aromatic carbocycles. The molecule has 0 bridgehead atoms. The molecule has 0 aromatic heterocycles. The van der Waals surface area contributed by atoms with Crippen molar-refractivity contribution in [3.05, 3.63) is 23.8 Å². The number of carbonyl (C=O) groups is 1. The summed E-state index contributed by atoms with van der Waals surface area (Å²) in [7, 11) is 0. The molecule has 5 nitrogen and oxygen atoms in total. The summed E-state index contributed by atoms with van der Waals surface area (Å²) in [5.41, 5.74) is 13.4. The van der Waals surface area contributed by atoms with Gasteiger partial charge in [0.2, 0.25) is 0 Å². The summed E-state index contributed by atoms with van der Waals surface area (Å²) < 4.78 is 0. The number of para-hydroxylation sites is 1. The van der Waals surface area contributed by atoms with Crippen LogP contribution in [0.3, 0.4) is 0 Å². The van der Waals surface area contributed by atoms with Crippen molar-refractivity contribution in [2.24, 2.45) is 5.73 Å². The van der Waals surface area contributed by atoms with Crippen LogP contribution in [0, 0.1) is 0 Å². The van der Waals surface area contributed by atoms with Gasteiger partial charge in [-0.15, -0.1) is 0 Å². The van der Waals surface area contributed by atoms with Crippen LogP contribution in [0.15, 0.2) is 18.2 Å². The van der Waals surface area contributed by atoms with Crippen molar-refractivity contribution < 1.29 is 4.79 Å². The molecule has 0 atom stereocenters. The fourth-order valence-electron chi connectivity index (χ4n) is 3.64. The molecular weight excluding hydrogens is 264 g/mol. The van der Waals surface area contributed by atoms with Crippen molar-refractivity contribution in [1.29, 1.82) is 0 Å². The first-order valence-electron chi connectivity index (χ1n) is 7.84. The van der Waals surface area contributed by atoms with Crippen LogP contribution in [0.1, 0.15) is 36.0 Å². The highest BCUT2D eigenvalue weighted by atomic mass is 16.1. The van der Waals surface area contributed by atoms with Gasteiger partial charge in [0.05, 0.1) is 16.9 Å². The lowest BCUT2D eigenvalue weighted by Gasteiger charge is -2.39. The van der Waals surface area contributed by atoms with Crippen LogP contribution in [0.2, 0.25) is 0 Å². The maximum absolute atomic E-state index is 11.4. The highest BCUT2D eigenvalue weighted by molar-refractivity contribution is 6.00. The van der Waals surface area contributed by atoms with Crippen molar-refractivity contribution in [2.45, 2.75) is 31.7 Å². The van der Waals surface area contributed by atoms with E-state index in [9.17, 15) is 4.79 Å². The van der Waals surface area contributed by atoms with Crippen LogP contribution in [-0.2, 0) is 0 Å². The second-order valence-corrected chi connectivity index (χ2v) is 6.06. The molecule has 21 heavy (non-hydrogen) atoms. The Morgan fingerprint density at radius 3 is 2.38 bits per heavy atom. The van der Waals surface area contributed by atoms with Crippen LogP contribution >= 0.6 is 0 Å². The Labute approximate surface area is 125 Å². The van der Waals surface area contributed by atoms with Gasteiger partial charge < -0.3 is 16.4 Å². The molecule has 1 amide bonds. The minimum atomic E-state index is -0.459. The number of amides is 1. The quantitative estimate of drug-likeness (QED) is 0.825. The number of piperazine rings is 1. The van der Waals surface area contributed by atoms with Crippen molar-refractivity contribution >= 4 is 17.3 Å². The van der Waals surface area contributed by atoms with Gasteiger partial charge in [-0.1, -0.05) is 18.9 Å². The summed E-state index contributed by atoms with van der Waals surface area (Å²) in [5.74, 6) is -0.459. The van der Waals surface area contributed by atoms with Gasteiger partial charge >= 0.3 is 0 Å². The molecular formula is C16H24N4O. The molecule has 0 radical (unpaired) electrons. The van der Waals surface area contributed by atoms with Crippen LogP contribution < -0.4 is 16.4 Å². The standard InChI is InChI=1S/C16H24N4O/c17-15-13(16(18)21)6-3-7-14(15)20-10-8-19(9-11-20)12-4-1-2-5-12/h3,6-7,12H,1-2,4-5,8-11,17H2,(H2,18,21). The third-order valence-electron chi connectivity index (χ3n) is 4.84. The fraction of sp³-hybridized carbons (Fsp3) is 0.562. The van der Waals surface area contributed by atoms with Gasteiger partial charge in [-0.3, -0.25) is 9.69 Å². The highest BCUT2D eigenvalue weighted by Gasteiger charge is 2.27. The predicted molar refractivity (Wildman–Crippen MR) is 85.4 cm³/mol. The number of nitrogens with two attached hydrogens (primary N) is 2. The van der Waals surface area contributed by atoms with E-state index in [0.29, 0.717) is 11.3 Å². The van der Waals surface area contributed by atoms with Gasteiger partial charge in [-0.2, -0.15) is 0 Å². The van der Waals surface area contributed by atoms with E-state index in [-0.39, 0.29) is 0 Å². The number of carbonyl (C=O) groups excluding carboxylic acids is 1. The SMILES string of the molecule is NC(=O)c1cccc(N2CCN(C3CCCC3)CC2)c1N. The van der Waals surface area contributed by atoms with Crippen LogP contribution in [0.5, 0.6) is 0 Å². The molecule has 4 N–H and O–H groups in total. The lowest BCUT2D eigenvalue weighted by molar-refractivity contribution is 0.100. The van der Waals surface area contributed by atoms with E-state index in [2.05, 4.69) is 9.80 Å². The van der Waals surface area contributed by atoms with Crippen molar-refractivity contribution in [3.63, 3.8) is 0 Å². The molecule has 114 valence electrons. The zero-order valence-electron chi connectivity index (χ0n) is 12.4.